The van der Waals surface area contributed by atoms with E-state index in [9.17, 15) is 14.9 Å². The van der Waals surface area contributed by atoms with Gasteiger partial charge in [-0.2, -0.15) is 0 Å². The molecule has 72 valence electrons. The van der Waals surface area contributed by atoms with Crippen molar-refractivity contribution < 1.29 is 14.8 Å². The third-order valence-corrected chi connectivity index (χ3v) is 1.52. The minimum absolute atomic E-state index is 0.488. The van der Waals surface area contributed by atoms with Crippen LogP contribution in [-0.4, -0.2) is 16.0 Å². The highest BCUT2D eigenvalue weighted by atomic mass is 16.6. The van der Waals surface area contributed by atoms with E-state index in [4.69, 9.17) is 5.11 Å². The van der Waals surface area contributed by atoms with Crippen molar-refractivity contribution in [3.05, 3.63) is 51.7 Å². The molecule has 1 aromatic rings. The van der Waals surface area contributed by atoms with Gasteiger partial charge in [-0.3, -0.25) is 10.1 Å². The van der Waals surface area contributed by atoms with Crippen LogP contribution in [0.2, 0.25) is 0 Å². The molecule has 0 fully saturated rings. The van der Waals surface area contributed by atoms with E-state index in [2.05, 4.69) is 0 Å². The zero-order valence-electron chi connectivity index (χ0n) is 7.08. The Labute approximate surface area is 79.4 Å². The summed E-state index contributed by atoms with van der Waals surface area (Å²) in [6.45, 7) is 0. The van der Waals surface area contributed by atoms with Crippen LogP contribution in [0.1, 0.15) is 5.56 Å². The second kappa shape index (κ2) is 4.18. The first-order valence-electron chi connectivity index (χ1n) is 3.75. The molecule has 5 nitrogen and oxygen atoms in total. The first kappa shape index (κ1) is 9.91. The predicted molar refractivity (Wildman–Crippen MR) is 49.0 cm³/mol. The van der Waals surface area contributed by atoms with Crippen molar-refractivity contribution in [2.24, 2.45) is 0 Å². The van der Waals surface area contributed by atoms with Gasteiger partial charge in [0.2, 0.25) is 0 Å². The van der Waals surface area contributed by atoms with E-state index in [0.29, 0.717) is 5.56 Å². The first-order valence-corrected chi connectivity index (χ1v) is 3.75. The van der Waals surface area contributed by atoms with Crippen molar-refractivity contribution in [2.45, 2.75) is 0 Å². The Morgan fingerprint density at radius 3 is 2.36 bits per heavy atom. The summed E-state index contributed by atoms with van der Waals surface area (Å²) in [5.74, 6) is -1.54. The average Bonchev–Trinajstić information content (AvgIpc) is 2.15. The molecule has 0 spiro atoms. The maximum absolute atomic E-state index is 10.4. The number of benzene rings is 1. The molecule has 0 aromatic heterocycles. The van der Waals surface area contributed by atoms with Gasteiger partial charge in [0.05, 0.1) is 4.92 Å². The number of aliphatic carboxylic acids is 1. The summed E-state index contributed by atoms with van der Waals surface area (Å²) in [6, 6.07) is 8.26. The molecule has 0 saturated carbocycles. The standard InChI is InChI=1S/C9H7NO4/c11-9(12)8(10(13)14)6-7-4-2-1-3-5-7/h1-6H,(H,11,12)/b8-6+. The monoisotopic (exact) mass is 193 g/mol. The molecule has 0 heterocycles. The van der Waals surface area contributed by atoms with Crippen molar-refractivity contribution in [2.75, 3.05) is 0 Å². The van der Waals surface area contributed by atoms with Crippen LogP contribution < -0.4 is 0 Å². The van der Waals surface area contributed by atoms with Crippen LogP contribution in [0.25, 0.3) is 6.08 Å². The van der Waals surface area contributed by atoms with Gasteiger partial charge in [-0.05, 0) is 5.56 Å². The SMILES string of the molecule is O=C(O)/C(=C\c1ccccc1)[N+](=O)[O-]. The molecule has 0 radical (unpaired) electrons. The van der Waals surface area contributed by atoms with E-state index in [1.165, 1.54) is 0 Å². The van der Waals surface area contributed by atoms with Gasteiger partial charge in [-0.15, -0.1) is 0 Å². The molecule has 0 aliphatic heterocycles. The Morgan fingerprint density at radius 1 is 1.36 bits per heavy atom. The molecule has 1 N–H and O–H groups in total. The summed E-state index contributed by atoms with van der Waals surface area (Å²) in [5.41, 5.74) is -0.349. The van der Waals surface area contributed by atoms with E-state index < -0.39 is 16.6 Å². The average molecular weight is 193 g/mol. The Kier molecular flexibility index (Phi) is 2.96. The highest BCUT2D eigenvalue weighted by molar-refractivity contribution is 5.89. The van der Waals surface area contributed by atoms with Gasteiger partial charge in [-0.1, -0.05) is 30.3 Å². The lowest BCUT2D eigenvalue weighted by Gasteiger charge is -1.92. The van der Waals surface area contributed by atoms with Gasteiger partial charge in [0.15, 0.2) is 0 Å². The molecule has 0 atom stereocenters. The van der Waals surface area contributed by atoms with Crippen molar-refractivity contribution in [3.63, 3.8) is 0 Å². The van der Waals surface area contributed by atoms with Gasteiger partial charge in [0.25, 0.3) is 0 Å². The fourth-order valence-corrected chi connectivity index (χ4v) is 0.900. The molecule has 14 heavy (non-hydrogen) atoms. The van der Waals surface area contributed by atoms with Crippen LogP contribution in [0.15, 0.2) is 36.0 Å². The van der Waals surface area contributed by atoms with E-state index in [1.54, 1.807) is 30.3 Å². The maximum atomic E-state index is 10.4. The zero-order valence-corrected chi connectivity index (χ0v) is 7.08. The molecule has 0 aliphatic rings. The smallest absolute Gasteiger partial charge is 0.407 e. The van der Waals surface area contributed by atoms with Crippen LogP contribution in [0.4, 0.5) is 0 Å². The number of hydrogen-bond donors (Lipinski definition) is 1. The normalized spacial score (nSPS) is 11.0. The van der Waals surface area contributed by atoms with Gasteiger partial charge in [0.1, 0.15) is 0 Å². The Morgan fingerprint density at radius 2 is 1.93 bits per heavy atom. The van der Waals surface area contributed by atoms with E-state index >= 15 is 0 Å². The lowest BCUT2D eigenvalue weighted by atomic mass is 10.2. The van der Waals surface area contributed by atoms with Crippen molar-refractivity contribution in [1.82, 2.24) is 0 Å². The van der Waals surface area contributed by atoms with E-state index in [0.717, 1.165) is 6.08 Å². The largest absolute Gasteiger partial charge is 0.473 e. The van der Waals surface area contributed by atoms with Gasteiger partial charge < -0.3 is 5.11 Å². The van der Waals surface area contributed by atoms with Crippen molar-refractivity contribution in [1.29, 1.82) is 0 Å². The molecule has 1 rings (SSSR count). The van der Waals surface area contributed by atoms with Crippen LogP contribution in [-0.2, 0) is 4.79 Å². The fourth-order valence-electron chi connectivity index (χ4n) is 0.900. The maximum Gasteiger partial charge on any atom is 0.407 e. The quantitative estimate of drug-likeness (QED) is 0.446. The number of rotatable bonds is 3. The molecule has 0 unspecified atom stereocenters. The second-order valence-corrected chi connectivity index (χ2v) is 2.50. The van der Waals surface area contributed by atoms with E-state index in [1.807, 2.05) is 0 Å². The number of nitrogens with zero attached hydrogens (tertiary/aromatic N) is 1. The number of carboxylic acids is 1. The van der Waals surface area contributed by atoms with Crippen molar-refractivity contribution >= 4 is 12.0 Å². The lowest BCUT2D eigenvalue weighted by molar-refractivity contribution is -0.419. The van der Waals surface area contributed by atoms with Gasteiger partial charge in [-0.25, -0.2) is 4.79 Å². The molecule has 0 saturated heterocycles. The highest BCUT2D eigenvalue weighted by Crippen LogP contribution is 2.06. The Bertz CT molecular complexity index is 367. The Balaban J connectivity index is 3.06. The zero-order chi connectivity index (χ0) is 10.6. The number of carbonyl (C=O) groups is 1. The van der Waals surface area contributed by atoms with E-state index in [-0.39, 0.29) is 0 Å². The van der Waals surface area contributed by atoms with Crippen LogP contribution in [0.5, 0.6) is 0 Å². The summed E-state index contributed by atoms with van der Waals surface area (Å²) in [4.78, 5) is 19.8. The second-order valence-electron chi connectivity index (χ2n) is 2.50. The highest BCUT2D eigenvalue weighted by Gasteiger charge is 2.19. The molecule has 5 heteroatoms. The van der Waals surface area contributed by atoms with Gasteiger partial charge >= 0.3 is 11.7 Å². The summed E-state index contributed by atoms with van der Waals surface area (Å²) < 4.78 is 0. The van der Waals surface area contributed by atoms with Gasteiger partial charge in [0, 0.05) is 6.08 Å². The number of hydrogen-bond acceptors (Lipinski definition) is 3. The summed E-state index contributed by atoms with van der Waals surface area (Å²) in [7, 11) is 0. The summed E-state index contributed by atoms with van der Waals surface area (Å²) in [6.07, 6.45) is 1.02. The number of carboxylic acid groups (broad SMARTS) is 1. The topological polar surface area (TPSA) is 80.4 Å². The minimum atomic E-state index is -1.54. The molecular formula is C9H7NO4. The first-order chi connectivity index (χ1) is 6.61. The summed E-state index contributed by atoms with van der Waals surface area (Å²) in [5, 5.41) is 18.8. The third-order valence-electron chi connectivity index (χ3n) is 1.52. The molecule has 0 aliphatic carbocycles. The molecular weight excluding hydrogens is 186 g/mol. The number of nitro groups is 1. The third kappa shape index (κ3) is 2.41. The van der Waals surface area contributed by atoms with Crippen LogP contribution >= 0.6 is 0 Å². The molecule has 0 amide bonds. The molecule has 1 aromatic carbocycles. The Hall–Kier alpha value is -2.17. The lowest BCUT2D eigenvalue weighted by Crippen LogP contribution is -2.09. The van der Waals surface area contributed by atoms with Crippen LogP contribution in [0, 0.1) is 10.1 Å². The summed E-state index contributed by atoms with van der Waals surface area (Å²) >= 11 is 0. The minimum Gasteiger partial charge on any atom is -0.473 e. The molecule has 0 bridgehead atoms. The predicted octanol–water partition coefficient (Wildman–Crippen LogP) is 1.39. The van der Waals surface area contributed by atoms with Crippen molar-refractivity contribution in [3.8, 4) is 0 Å². The fraction of sp³-hybridized carbons (Fsp3) is 0. The van der Waals surface area contributed by atoms with Crippen LogP contribution in [0.3, 0.4) is 0 Å².